The fraction of sp³-hybridized carbons (Fsp3) is 0.727. The summed E-state index contributed by atoms with van der Waals surface area (Å²) in [5.41, 5.74) is 0.400. The van der Waals surface area contributed by atoms with Crippen molar-refractivity contribution in [2.24, 2.45) is 0 Å². The standard InChI is InChI=1S/C44H74N12O12SSi2/c1-41(2,3)65-39(59)49(17-19-63-70(13,14)43(7,8)9)23-31-25-53(47-45-31)33-21-35-29-51(27-33)37(57)55(35)67-69(61,62)68-56-36-22-34(28-52(30-36)38(56)58)54-26-32(46-48-54)24-50(40(60)66-42(4,5)6)18-20-64-71(15,16)44(10,11)12/h21-22,25-26,35-36H,17-20,23-24,27-30H2,1-16H3. The van der Waals surface area contributed by atoms with Gasteiger partial charge in [0.05, 0.1) is 63.2 Å². The van der Waals surface area contributed by atoms with Gasteiger partial charge in [-0.05, 0) is 90.0 Å². The lowest BCUT2D eigenvalue weighted by molar-refractivity contribution is -0.0723. The third-order valence-electron chi connectivity index (χ3n) is 13.1. The van der Waals surface area contributed by atoms with E-state index in [9.17, 15) is 27.6 Å². The van der Waals surface area contributed by atoms with Crippen LogP contribution in [0.5, 0.6) is 0 Å². The van der Waals surface area contributed by atoms with E-state index in [0.29, 0.717) is 46.1 Å². The molecule has 6 rings (SSSR count). The predicted octanol–water partition coefficient (Wildman–Crippen LogP) is 6.12. The Hall–Kier alpha value is -4.94. The average Bonchev–Trinajstić information content (AvgIpc) is 3.99. The van der Waals surface area contributed by atoms with Crippen molar-refractivity contribution in [3.8, 4) is 0 Å². The van der Waals surface area contributed by atoms with Crippen molar-refractivity contribution in [3.63, 3.8) is 0 Å². The summed E-state index contributed by atoms with van der Waals surface area (Å²) in [5.74, 6) is 0. The number of amides is 6. The van der Waals surface area contributed by atoms with Crippen LogP contribution in [-0.2, 0) is 50.4 Å². The summed E-state index contributed by atoms with van der Waals surface area (Å²) in [6, 6.07) is -3.27. The molecule has 2 aromatic rings. The minimum atomic E-state index is -5.05. The number of hydrogen-bond donors (Lipinski definition) is 0. The summed E-state index contributed by atoms with van der Waals surface area (Å²) in [7, 11) is -9.25. The fourth-order valence-electron chi connectivity index (χ4n) is 7.24. The molecular formula is C44H74N12O12SSi2. The number of hydroxylamine groups is 4. The second-order valence-corrected chi connectivity index (χ2v) is 34.0. The van der Waals surface area contributed by atoms with E-state index in [1.165, 1.54) is 29.0 Å². The number of hydrogen-bond acceptors (Lipinski definition) is 16. The first-order valence-corrected chi connectivity index (χ1v) is 31.0. The van der Waals surface area contributed by atoms with Crippen molar-refractivity contribution < 1.29 is 54.5 Å². The summed E-state index contributed by atoms with van der Waals surface area (Å²) < 4.78 is 64.5. The number of nitrogens with zero attached hydrogens (tertiary/aromatic N) is 12. The van der Waals surface area contributed by atoms with Crippen molar-refractivity contribution >= 4 is 62.7 Å². The van der Waals surface area contributed by atoms with Crippen LogP contribution in [-0.4, -0.2) is 185 Å². The van der Waals surface area contributed by atoms with E-state index < -0.39 is 74.6 Å². The van der Waals surface area contributed by atoms with E-state index in [1.54, 1.807) is 66.1 Å². The summed E-state index contributed by atoms with van der Waals surface area (Å²) in [6.45, 7) is 33.6. The Morgan fingerprint density at radius 2 is 0.986 bits per heavy atom. The molecule has 4 aliphatic heterocycles. The van der Waals surface area contributed by atoms with Crippen LogP contribution in [0.25, 0.3) is 11.4 Å². The van der Waals surface area contributed by atoms with Gasteiger partial charge in [-0.3, -0.25) is 9.80 Å². The molecule has 2 atom stereocenters. The lowest BCUT2D eigenvalue weighted by Crippen LogP contribution is -2.44. The zero-order valence-corrected chi connectivity index (χ0v) is 47.0. The molecule has 2 aromatic heterocycles. The zero-order chi connectivity index (χ0) is 52.9. The van der Waals surface area contributed by atoms with E-state index in [-0.39, 0.29) is 62.4 Å². The van der Waals surface area contributed by atoms with Gasteiger partial charge < -0.3 is 28.1 Å². The molecule has 4 bridgehead atoms. The second kappa shape index (κ2) is 20.2. The van der Waals surface area contributed by atoms with Crippen LogP contribution in [0, 0.1) is 0 Å². The molecule has 27 heteroatoms. The van der Waals surface area contributed by atoms with Gasteiger partial charge in [-0.2, -0.15) is 18.5 Å². The topological polar surface area (TPSA) is 239 Å². The van der Waals surface area contributed by atoms with Gasteiger partial charge in [0.25, 0.3) is 0 Å². The Bertz CT molecular complexity index is 2320. The van der Waals surface area contributed by atoms with Crippen molar-refractivity contribution in [3.05, 3.63) is 35.9 Å². The molecule has 0 N–H and O–H groups in total. The Morgan fingerprint density at radius 3 is 1.31 bits per heavy atom. The average molecular weight is 1050 g/mol. The number of aromatic nitrogens is 6. The fourth-order valence-corrected chi connectivity index (χ4v) is 10.1. The number of fused-ring (bicyclic) bond motifs is 4. The number of urea groups is 2. The van der Waals surface area contributed by atoms with Gasteiger partial charge in [-0.25, -0.2) is 28.5 Å². The molecule has 6 heterocycles. The maximum Gasteiger partial charge on any atom is 0.442 e. The molecule has 0 aromatic carbocycles. The predicted molar refractivity (Wildman–Crippen MR) is 264 cm³/mol. The zero-order valence-electron chi connectivity index (χ0n) is 44.2. The minimum absolute atomic E-state index is 0.0199. The molecule has 2 saturated heterocycles. The molecule has 0 saturated carbocycles. The first-order valence-electron chi connectivity index (χ1n) is 23.8. The van der Waals surface area contributed by atoms with Crippen LogP contribution in [0.4, 0.5) is 19.2 Å². The van der Waals surface area contributed by atoms with E-state index in [1.807, 2.05) is 0 Å². The number of ether oxygens (including phenoxy) is 2. The van der Waals surface area contributed by atoms with Gasteiger partial charge in [0.2, 0.25) is 0 Å². The summed E-state index contributed by atoms with van der Waals surface area (Å²) in [5, 5.41) is 18.4. The maximum absolute atomic E-state index is 13.5. The van der Waals surface area contributed by atoms with Gasteiger partial charge in [-0.15, -0.1) is 18.8 Å². The quantitative estimate of drug-likeness (QED) is 0.153. The highest BCUT2D eigenvalue weighted by molar-refractivity contribution is 7.81. The summed E-state index contributed by atoms with van der Waals surface area (Å²) in [6.07, 6.45) is 5.44. The first-order chi connectivity index (χ1) is 32.5. The third-order valence-corrected chi connectivity index (χ3v) is 22.9. The molecule has 6 amide bonds. The summed E-state index contributed by atoms with van der Waals surface area (Å²) in [4.78, 5) is 59.4. The van der Waals surface area contributed by atoms with Crippen LogP contribution >= 0.6 is 0 Å². The van der Waals surface area contributed by atoms with Gasteiger partial charge in [0.15, 0.2) is 16.6 Å². The van der Waals surface area contributed by atoms with E-state index >= 15 is 0 Å². The van der Waals surface area contributed by atoms with Crippen molar-refractivity contribution in [1.82, 2.24) is 59.7 Å². The van der Waals surface area contributed by atoms with Crippen molar-refractivity contribution in [1.29, 1.82) is 0 Å². The molecule has 2 fully saturated rings. The minimum Gasteiger partial charge on any atom is -0.444 e. The van der Waals surface area contributed by atoms with Gasteiger partial charge in [0, 0.05) is 26.2 Å². The van der Waals surface area contributed by atoms with Crippen LogP contribution in [0.1, 0.15) is 94.5 Å². The molecule has 396 valence electrons. The number of rotatable bonds is 18. The van der Waals surface area contributed by atoms with Gasteiger partial charge in [-0.1, -0.05) is 52.0 Å². The van der Waals surface area contributed by atoms with E-state index in [4.69, 9.17) is 26.9 Å². The summed E-state index contributed by atoms with van der Waals surface area (Å²) >= 11 is 0. The largest absolute Gasteiger partial charge is 0.444 e. The van der Waals surface area contributed by atoms with Crippen molar-refractivity contribution in [2.75, 3.05) is 52.5 Å². The Labute approximate surface area is 419 Å². The normalized spacial score (nSPS) is 19.1. The molecule has 4 aliphatic rings. The highest BCUT2D eigenvalue weighted by atomic mass is 32.3. The van der Waals surface area contributed by atoms with Gasteiger partial charge >= 0.3 is 34.6 Å². The highest BCUT2D eigenvalue weighted by Gasteiger charge is 2.48. The van der Waals surface area contributed by atoms with Crippen LogP contribution in [0.3, 0.4) is 0 Å². The SMILES string of the molecule is CC(C)(C)OC(=O)N(CCO[Si](C)(C)C(C)(C)C)Cc1cn(C2=CC3CN(C2)C(=O)N3OS(=O)(=O)ON2C(=O)N3CC(n4cc(CN(CCO[Si](C)(C)C(C)(C)C)C(=O)OC(C)(C)C)nn4)=CC2C3)nn1. The molecule has 71 heavy (non-hydrogen) atoms. The third kappa shape index (κ3) is 13.8. The Morgan fingerprint density at radius 1 is 0.634 bits per heavy atom. The second-order valence-electron chi connectivity index (χ2n) is 23.3. The Kier molecular flexibility index (Phi) is 15.7. The molecule has 24 nitrogen and oxygen atoms in total. The van der Waals surface area contributed by atoms with E-state index in [2.05, 4.69) is 88.4 Å². The molecule has 2 unspecified atom stereocenters. The van der Waals surface area contributed by atoms with Crippen LogP contribution in [0.15, 0.2) is 24.5 Å². The van der Waals surface area contributed by atoms with Gasteiger partial charge in [0.1, 0.15) is 34.7 Å². The van der Waals surface area contributed by atoms with E-state index in [0.717, 1.165) is 0 Å². The van der Waals surface area contributed by atoms with Crippen molar-refractivity contribution in [2.45, 2.75) is 156 Å². The lowest BCUT2D eigenvalue weighted by Gasteiger charge is -2.37. The number of carbonyl (C=O) groups excluding carboxylic acids is 4. The molecule has 0 radical (unpaired) electrons. The lowest BCUT2D eigenvalue weighted by atomic mass is 10.2. The number of carbonyl (C=O) groups is 4. The van der Waals surface area contributed by atoms with Crippen LogP contribution < -0.4 is 0 Å². The monoisotopic (exact) mass is 1050 g/mol. The molecule has 0 aliphatic carbocycles. The first kappa shape index (κ1) is 55.4. The maximum atomic E-state index is 13.5. The Balaban J connectivity index is 1.09. The smallest absolute Gasteiger partial charge is 0.442 e. The molecular weight excluding hydrogens is 977 g/mol. The highest BCUT2D eigenvalue weighted by Crippen LogP contribution is 2.38. The van der Waals surface area contributed by atoms with Crippen LogP contribution in [0.2, 0.25) is 36.3 Å². The molecule has 0 spiro atoms.